The van der Waals surface area contributed by atoms with Crippen LogP contribution in [0, 0.1) is 0 Å². The summed E-state index contributed by atoms with van der Waals surface area (Å²) in [7, 11) is 0. The maximum Gasteiger partial charge on any atom is 0.348 e. The average Bonchev–Trinajstić information content (AvgIpc) is 2.97. The summed E-state index contributed by atoms with van der Waals surface area (Å²) in [6.45, 7) is 2.65. The number of hydrogen-bond donors (Lipinski definition) is 2. The standard InChI is InChI=1S/C14H23NO6/c16-12(17)14(13(18)19,6-9-15-7-2-3-8-15)21-11-5-1-4-10-20-11/h11H,1-10H2,(H,16,17)(H,18,19). The molecule has 0 spiro atoms. The van der Waals surface area contributed by atoms with Gasteiger partial charge < -0.3 is 24.6 Å². The minimum absolute atomic E-state index is 0.0719. The van der Waals surface area contributed by atoms with Gasteiger partial charge in [-0.1, -0.05) is 0 Å². The SMILES string of the molecule is O=C(O)C(CCN1CCCC1)(OC1CCCCO1)C(=O)O. The van der Waals surface area contributed by atoms with Crippen molar-refractivity contribution in [2.45, 2.75) is 50.4 Å². The van der Waals surface area contributed by atoms with Crippen molar-refractivity contribution in [3.05, 3.63) is 0 Å². The molecule has 2 saturated heterocycles. The molecule has 2 aliphatic rings. The maximum atomic E-state index is 11.6. The van der Waals surface area contributed by atoms with E-state index in [4.69, 9.17) is 9.47 Å². The number of nitrogens with zero attached hydrogens (tertiary/aromatic N) is 1. The van der Waals surface area contributed by atoms with Gasteiger partial charge in [-0.25, -0.2) is 9.59 Å². The lowest BCUT2D eigenvalue weighted by molar-refractivity contribution is -0.238. The first kappa shape index (κ1) is 16.2. The Kier molecular flexibility index (Phi) is 5.55. The highest BCUT2D eigenvalue weighted by atomic mass is 16.7. The molecule has 21 heavy (non-hydrogen) atoms. The van der Waals surface area contributed by atoms with Crippen molar-refractivity contribution >= 4 is 11.9 Å². The molecule has 0 amide bonds. The topological polar surface area (TPSA) is 96.3 Å². The number of carboxylic acids is 2. The number of hydrogen-bond acceptors (Lipinski definition) is 5. The second-order valence-corrected chi connectivity index (χ2v) is 5.65. The Bertz CT molecular complexity index is 360. The molecule has 7 heteroatoms. The zero-order chi connectivity index (χ0) is 15.3. The van der Waals surface area contributed by atoms with Crippen LogP contribution >= 0.6 is 0 Å². The molecule has 0 saturated carbocycles. The summed E-state index contributed by atoms with van der Waals surface area (Å²) in [5.74, 6) is -2.91. The Morgan fingerprint density at radius 2 is 1.81 bits per heavy atom. The smallest absolute Gasteiger partial charge is 0.348 e. The highest BCUT2D eigenvalue weighted by molar-refractivity contribution is 6.01. The molecule has 0 aromatic carbocycles. The van der Waals surface area contributed by atoms with Gasteiger partial charge in [-0.2, -0.15) is 0 Å². The second-order valence-electron chi connectivity index (χ2n) is 5.65. The minimum Gasteiger partial charge on any atom is -0.479 e. The molecule has 0 aliphatic carbocycles. The van der Waals surface area contributed by atoms with Gasteiger partial charge in [-0.3, -0.25) is 0 Å². The van der Waals surface area contributed by atoms with Crippen molar-refractivity contribution < 1.29 is 29.3 Å². The molecule has 2 fully saturated rings. The Hall–Kier alpha value is -1.18. The minimum atomic E-state index is -2.22. The van der Waals surface area contributed by atoms with Gasteiger partial charge in [0.1, 0.15) is 0 Å². The molecule has 2 aliphatic heterocycles. The summed E-state index contributed by atoms with van der Waals surface area (Å²) >= 11 is 0. The van der Waals surface area contributed by atoms with E-state index in [-0.39, 0.29) is 6.42 Å². The van der Waals surface area contributed by atoms with Crippen LogP contribution in [-0.4, -0.2) is 65.2 Å². The Labute approximate surface area is 123 Å². The fraction of sp³-hybridized carbons (Fsp3) is 0.857. The predicted octanol–water partition coefficient (Wildman–Crippen LogP) is 0.923. The van der Waals surface area contributed by atoms with Crippen LogP contribution in [0.4, 0.5) is 0 Å². The molecule has 7 nitrogen and oxygen atoms in total. The van der Waals surface area contributed by atoms with E-state index < -0.39 is 23.8 Å². The van der Waals surface area contributed by atoms with E-state index >= 15 is 0 Å². The molecule has 0 aromatic heterocycles. The van der Waals surface area contributed by atoms with Gasteiger partial charge in [-0.15, -0.1) is 0 Å². The predicted molar refractivity (Wildman–Crippen MR) is 73.0 cm³/mol. The number of ether oxygens (including phenoxy) is 2. The molecule has 0 bridgehead atoms. The van der Waals surface area contributed by atoms with Crippen LogP contribution in [0.5, 0.6) is 0 Å². The van der Waals surface area contributed by atoms with E-state index in [1.54, 1.807) is 0 Å². The molecule has 1 atom stereocenters. The monoisotopic (exact) mass is 301 g/mol. The van der Waals surface area contributed by atoms with Gasteiger partial charge in [0, 0.05) is 19.6 Å². The van der Waals surface area contributed by atoms with Crippen LogP contribution in [-0.2, 0) is 19.1 Å². The summed E-state index contributed by atoms with van der Waals surface area (Å²) in [6, 6.07) is 0. The van der Waals surface area contributed by atoms with E-state index in [9.17, 15) is 19.8 Å². The van der Waals surface area contributed by atoms with Crippen molar-refractivity contribution in [1.29, 1.82) is 0 Å². The van der Waals surface area contributed by atoms with Crippen LogP contribution in [0.3, 0.4) is 0 Å². The second kappa shape index (κ2) is 7.20. The van der Waals surface area contributed by atoms with Crippen LogP contribution in [0.25, 0.3) is 0 Å². The zero-order valence-electron chi connectivity index (χ0n) is 12.1. The number of rotatable bonds is 7. The third kappa shape index (κ3) is 3.93. The van der Waals surface area contributed by atoms with Crippen molar-refractivity contribution in [3.63, 3.8) is 0 Å². The van der Waals surface area contributed by atoms with Crippen LogP contribution in [0.15, 0.2) is 0 Å². The third-order valence-electron chi connectivity index (χ3n) is 4.14. The van der Waals surface area contributed by atoms with Crippen molar-refractivity contribution in [3.8, 4) is 0 Å². The van der Waals surface area contributed by atoms with E-state index in [2.05, 4.69) is 4.90 Å². The Morgan fingerprint density at radius 1 is 1.14 bits per heavy atom. The summed E-state index contributed by atoms with van der Waals surface area (Å²) in [5.41, 5.74) is -2.22. The van der Waals surface area contributed by atoms with Crippen molar-refractivity contribution in [2.24, 2.45) is 0 Å². The lowest BCUT2D eigenvalue weighted by Gasteiger charge is -2.33. The summed E-state index contributed by atoms with van der Waals surface area (Å²) in [4.78, 5) is 25.2. The quantitative estimate of drug-likeness (QED) is 0.675. The number of likely N-dealkylation sites (tertiary alicyclic amines) is 1. The highest BCUT2D eigenvalue weighted by Gasteiger charge is 2.50. The number of carbonyl (C=O) groups is 2. The van der Waals surface area contributed by atoms with E-state index in [1.165, 1.54) is 0 Å². The molecular weight excluding hydrogens is 278 g/mol. The van der Waals surface area contributed by atoms with Crippen LogP contribution < -0.4 is 0 Å². The number of carboxylic acid groups (broad SMARTS) is 2. The van der Waals surface area contributed by atoms with Gasteiger partial charge in [0.05, 0.1) is 0 Å². The van der Waals surface area contributed by atoms with E-state index in [0.29, 0.717) is 19.6 Å². The largest absolute Gasteiger partial charge is 0.479 e. The molecular formula is C14H23NO6. The molecule has 2 rings (SSSR count). The zero-order valence-corrected chi connectivity index (χ0v) is 12.1. The lowest BCUT2D eigenvalue weighted by Crippen LogP contribution is -2.53. The normalized spacial score (nSPS) is 24.1. The molecule has 2 heterocycles. The van der Waals surface area contributed by atoms with Crippen LogP contribution in [0.1, 0.15) is 38.5 Å². The van der Waals surface area contributed by atoms with Gasteiger partial charge in [0.15, 0.2) is 6.29 Å². The van der Waals surface area contributed by atoms with E-state index in [0.717, 1.165) is 38.8 Å². The summed E-state index contributed by atoms with van der Waals surface area (Å²) in [5, 5.41) is 18.8. The van der Waals surface area contributed by atoms with E-state index in [1.807, 2.05) is 0 Å². The molecule has 0 aromatic rings. The highest BCUT2D eigenvalue weighted by Crippen LogP contribution is 2.26. The average molecular weight is 301 g/mol. The van der Waals surface area contributed by atoms with Gasteiger partial charge >= 0.3 is 11.9 Å². The van der Waals surface area contributed by atoms with Gasteiger partial charge in [0.2, 0.25) is 0 Å². The van der Waals surface area contributed by atoms with Crippen LogP contribution in [0.2, 0.25) is 0 Å². The lowest BCUT2D eigenvalue weighted by atomic mass is 9.99. The first-order valence-corrected chi connectivity index (χ1v) is 7.53. The van der Waals surface area contributed by atoms with Gasteiger partial charge in [0.25, 0.3) is 5.60 Å². The molecule has 2 N–H and O–H groups in total. The first-order valence-electron chi connectivity index (χ1n) is 7.53. The maximum absolute atomic E-state index is 11.6. The Balaban J connectivity index is 2.03. The van der Waals surface area contributed by atoms with Gasteiger partial charge in [-0.05, 0) is 45.2 Å². The summed E-state index contributed by atoms with van der Waals surface area (Å²) < 4.78 is 10.8. The van der Waals surface area contributed by atoms with Crippen molar-refractivity contribution in [1.82, 2.24) is 4.90 Å². The fourth-order valence-corrected chi connectivity index (χ4v) is 2.82. The van der Waals surface area contributed by atoms with Crippen molar-refractivity contribution in [2.75, 3.05) is 26.2 Å². The molecule has 1 unspecified atom stereocenters. The Morgan fingerprint density at radius 3 is 2.33 bits per heavy atom. The fourth-order valence-electron chi connectivity index (χ4n) is 2.82. The molecule has 120 valence electrons. The molecule has 0 radical (unpaired) electrons. The first-order chi connectivity index (χ1) is 10.0. The summed E-state index contributed by atoms with van der Waals surface area (Å²) in [6.07, 6.45) is 3.60. The number of aliphatic carboxylic acids is 2. The third-order valence-corrected chi connectivity index (χ3v) is 4.14.